The second kappa shape index (κ2) is 12.9. The molecule has 14 nitrogen and oxygen atoms in total. The predicted octanol–water partition coefficient (Wildman–Crippen LogP) is 3.00. The fourth-order valence-electron chi connectivity index (χ4n) is 6.14. The third-order valence-corrected chi connectivity index (χ3v) is 10.8. The number of nitrogens with one attached hydrogen (secondary N) is 1. The number of sulfonamides is 1. The maximum Gasteiger partial charge on any atom is 0.328 e. The number of carboxylic acid groups (broad SMARTS) is 1. The fourth-order valence-corrected chi connectivity index (χ4v) is 8.50. The lowest BCUT2D eigenvalue weighted by Crippen LogP contribution is -2.52. The van der Waals surface area contributed by atoms with Gasteiger partial charge in [0.1, 0.15) is 23.9 Å². The van der Waals surface area contributed by atoms with Crippen molar-refractivity contribution in [1.29, 1.82) is 0 Å². The summed E-state index contributed by atoms with van der Waals surface area (Å²) in [4.78, 5) is 52.8. The summed E-state index contributed by atoms with van der Waals surface area (Å²) in [5.74, 6) is -2.82. The van der Waals surface area contributed by atoms with E-state index < -0.39 is 52.0 Å². The Hall–Kier alpha value is -4.41. The minimum atomic E-state index is -4.51. The van der Waals surface area contributed by atoms with Gasteiger partial charge in [0.05, 0.1) is 18.5 Å². The molecule has 0 spiro atoms. The first-order chi connectivity index (χ1) is 22.8. The van der Waals surface area contributed by atoms with E-state index in [0.717, 1.165) is 21.6 Å². The van der Waals surface area contributed by atoms with Crippen molar-refractivity contribution in [3.05, 3.63) is 83.0 Å². The van der Waals surface area contributed by atoms with Crippen LogP contribution in [0.5, 0.6) is 0 Å². The summed E-state index contributed by atoms with van der Waals surface area (Å²) in [7, 11) is -4.51. The molecule has 0 bridgehead atoms. The Bertz CT molecular complexity index is 1990. The molecule has 2 aliphatic heterocycles. The molecule has 250 valence electrons. The topological polar surface area (TPSA) is 188 Å². The van der Waals surface area contributed by atoms with Gasteiger partial charge in [-0.1, -0.05) is 47.5 Å². The minimum absolute atomic E-state index is 0.00360. The average molecular weight is 715 g/mol. The Morgan fingerprint density at radius 3 is 2.35 bits per heavy atom. The number of nitrogens with zero attached hydrogens (tertiary/aromatic N) is 6. The first-order valence-corrected chi connectivity index (χ1v) is 16.9. The molecule has 48 heavy (non-hydrogen) atoms. The van der Waals surface area contributed by atoms with Crippen molar-refractivity contribution < 1.29 is 33.0 Å². The van der Waals surface area contributed by atoms with Gasteiger partial charge in [0.2, 0.25) is 11.9 Å². The van der Waals surface area contributed by atoms with Crippen molar-refractivity contribution in [3.8, 4) is 11.1 Å². The highest BCUT2D eigenvalue weighted by Crippen LogP contribution is 2.45. The number of anilines is 2. The van der Waals surface area contributed by atoms with Crippen molar-refractivity contribution in [3.63, 3.8) is 0 Å². The number of halogens is 2. The van der Waals surface area contributed by atoms with Crippen LogP contribution in [0.1, 0.15) is 25.3 Å². The van der Waals surface area contributed by atoms with Gasteiger partial charge in [-0.05, 0) is 49.1 Å². The Balaban J connectivity index is 1.42. The number of amides is 2. The van der Waals surface area contributed by atoms with Crippen LogP contribution < -0.4 is 10.2 Å². The number of benzene rings is 2. The molecule has 1 saturated heterocycles. The molecule has 0 aliphatic carbocycles. The molecule has 0 unspecified atom stereocenters. The number of aliphatic hydroxyl groups is 1. The van der Waals surface area contributed by atoms with Gasteiger partial charge in [0.25, 0.3) is 15.9 Å². The second-order valence-electron chi connectivity index (χ2n) is 11.6. The first-order valence-electron chi connectivity index (χ1n) is 14.7. The van der Waals surface area contributed by atoms with E-state index in [2.05, 4.69) is 20.3 Å². The number of aliphatic carboxylic acids is 1. The third kappa shape index (κ3) is 5.92. The summed E-state index contributed by atoms with van der Waals surface area (Å²) in [6.45, 7) is 0.693. The number of imidazole rings is 1. The molecule has 3 N–H and O–H groups in total. The third-order valence-electron chi connectivity index (χ3n) is 8.45. The standard InChI is InChI=1S/C31H29Cl2N7O7S/c1-31(12-18-4-6-19(7-5-18)20-13-34-17-35-14-20)29(45)39(23-10-21(32)9-22(33)11-23)30-36-15-26(40(30)31)48(46,47)38-8-2-3-25(38)27(42)37-24(16-41)28(43)44/h4-7,9-11,13-15,17,24-25,41H,2-3,8,12,16H2,1H3,(H,37,42)(H,43,44)/t24-,25-,31+/m0/s1. The van der Waals surface area contributed by atoms with Gasteiger partial charge in [-0.2, -0.15) is 4.31 Å². The maximum absolute atomic E-state index is 14.5. The number of hydrogen-bond donors (Lipinski definition) is 3. The number of carboxylic acids is 1. The molecular weight excluding hydrogens is 685 g/mol. The first kappa shape index (κ1) is 33.5. The average Bonchev–Trinajstić information content (AvgIpc) is 3.77. The van der Waals surface area contributed by atoms with Crippen molar-refractivity contribution in [2.24, 2.45) is 0 Å². The maximum atomic E-state index is 14.5. The number of fused-ring (bicyclic) bond motifs is 1. The predicted molar refractivity (Wildman–Crippen MR) is 174 cm³/mol. The number of rotatable bonds is 10. The molecule has 4 aromatic rings. The molecule has 17 heteroatoms. The highest BCUT2D eigenvalue weighted by molar-refractivity contribution is 7.89. The lowest BCUT2D eigenvalue weighted by molar-refractivity contribution is -0.143. The zero-order valence-electron chi connectivity index (χ0n) is 25.3. The van der Waals surface area contributed by atoms with E-state index in [0.29, 0.717) is 12.0 Å². The summed E-state index contributed by atoms with van der Waals surface area (Å²) in [6, 6.07) is 9.01. The molecule has 0 radical (unpaired) electrons. The van der Waals surface area contributed by atoms with E-state index in [4.69, 9.17) is 23.2 Å². The number of carbonyl (C=O) groups is 3. The molecule has 1 fully saturated rings. The van der Waals surface area contributed by atoms with E-state index in [1.807, 2.05) is 24.3 Å². The largest absolute Gasteiger partial charge is 0.480 e. The number of hydrogen-bond acceptors (Lipinski definition) is 9. The molecule has 4 heterocycles. The summed E-state index contributed by atoms with van der Waals surface area (Å²) in [5.41, 5.74) is 1.08. The van der Waals surface area contributed by atoms with E-state index in [-0.39, 0.29) is 46.1 Å². The van der Waals surface area contributed by atoms with E-state index >= 15 is 0 Å². The molecule has 6 rings (SSSR count). The molecule has 2 aromatic carbocycles. The monoisotopic (exact) mass is 713 g/mol. The van der Waals surface area contributed by atoms with Crippen LogP contribution in [0.4, 0.5) is 11.6 Å². The van der Waals surface area contributed by atoms with Gasteiger partial charge in [-0.15, -0.1) is 0 Å². The van der Waals surface area contributed by atoms with Crippen molar-refractivity contribution in [2.75, 3.05) is 18.1 Å². The highest BCUT2D eigenvalue weighted by Gasteiger charge is 2.53. The molecule has 2 amide bonds. The van der Waals surface area contributed by atoms with Crippen molar-refractivity contribution >= 4 is 62.6 Å². The lowest BCUT2D eigenvalue weighted by atomic mass is 9.91. The normalized spacial score (nSPS) is 20.1. The summed E-state index contributed by atoms with van der Waals surface area (Å²) in [5, 5.41) is 21.1. The highest BCUT2D eigenvalue weighted by atomic mass is 35.5. The molecule has 0 saturated carbocycles. The zero-order valence-corrected chi connectivity index (χ0v) is 27.7. The van der Waals surface area contributed by atoms with Gasteiger partial charge in [-0.25, -0.2) is 33.1 Å². The van der Waals surface area contributed by atoms with Crippen LogP contribution in [-0.2, 0) is 36.4 Å². The molecule has 2 aliphatic rings. The smallest absolute Gasteiger partial charge is 0.328 e. The molecule has 2 aromatic heterocycles. The van der Waals surface area contributed by atoms with Crippen LogP contribution in [0, 0.1) is 0 Å². The Morgan fingerprint density at radius 1 is 1.06 bits per heavy atom. The van der Waals surface area contributed by atoms with Crippen LogP contribution in [0.25, 0.3) is 11.1 Å². The van der Waals surface area contributed by atoms with Crippen LogP contribution in [0.2, 0.25) is 10.0 Å². The van der Waals surface area contributed by atoms with Gasteiger partial charge in [0.15, 0.2) is 5.03 Å². The lowest BCUT2D eigenvalue weighted by Gasteiger charge is -2.29. The van der Waals surface area contributed by atoms with Crippen molar-refractivity contribution in [2.45, 2.75) is 48.8 Å². The van der Waals surface area contributed by atoms with Gasteiger partial charge >= 0.3 is 5.97 Å². The Kier molecular flexibility index (Phi) is 9.00. The van der Waals surface area contributed by atoms with E-state index in [1.165, 1.54) is 34.0 Å². The minimum Gasteiger partial charge on any atom is -0.480 e. The van der Waals surface area contributed by atoms with Crippen molar-refractivity contribution in [1.82, 2.24) is 29.1 Å². The van der Waals surface area contributed by atoms with Gasteiger partial charge < -0.3 is 15.5 Å². The zero-order chi connectivity index (χ0) is 34.4. The number of aliphatic hydroxyl groups excluding tert-OH is 1. The SMILES string of the molecule is C[C@@]1(Cc2ccc(-c3cncnc3)cc2)C(=O)N(c2cc(Cl)cc(Cl)c2)c2ncc(S(=O)(=O)N3CCC[C@H]3C(=O)N[C@@H](CO)C(=O)O)n21. The van der Waals surface area contributed by atoms with Crippen LogP contribution in [-0.4, -0.2) is 85.5 Å². The fraction of sp³-hybridized carbons (Fsp3) is 0.290. The quantitative estimate of drug-likeness (QED) is 0.220. The van der Waals surface area contributed by atoms with Crippen LogP contribution in [0.3, 0.4) is 0 Å². The van der Waals surface area contributed by atoms with Crippen LogP contribution in [0.15, 0.2) is 72.4 Å². The van der Waals surface area contributed by atoms with E-state index in [9.17, 15) is 33.0 Å². The Labute approximate surface area is 285 Å². The Morgan fingerprint density at radius 2 is 1.73 bits per heavy atom. The van der Waals surface area contributed by atoms with Gasteiger partial charge in [0, 0.05) is 41.0 Å². The number of carbonyl (C=O) groups excluding carboxylic acids is 2. The second-order valence-corrected chi connectivity index (χ2v) is 14.3. The molecule has 3 atom stereocenters. The van der Waals surface area contributed by atoms with E-state index in [1.54, 1.807) is 19.3 Å². The van der Waals surface area contributed by atoms with Gasteiger partial charge in [-0.3, -0.25) is 14.2 Å². The summed E-state index contributed by atoms with van der Waals surface area (Å²) >= 11 is 12.6. The number of aromatic nitrogens is 4. The molecular formula is C31H29Cl2N7O7S. The van der Waals surface area contributed by atoms with Crippen LogP contribution >= 0.6 is 23.2 Å². The summed E-state index contributed by atoms with van der Waals surface area (Å²) < 4.78 is 31.1. The summed E-state index contributed by atoms with van der Waals surface area (Å²) in [6.07, 6.45) is 6.39.